The van der Waals surface area contributed by atoms with Gasteiger partial charge in [0.05, 0.1) is 0 Å². The van der Waals surface area contributed by atoms with Crippen molar-refractivity contribution in [2.45, 2.75) is 6.54 Å². The Morgan fingerprint density at radius 2 is 2.09 bits per heavy atom. The van der Waals surface area contributed by atoms with E-state index in [0.29, 0.717) is 5.56 Å². The fourth-order valence-corrected chi connectivity index (χ4v) is 0.841. The molecule has 0 saturated carbocycles. The predicted molar refractivity (Wildman–Crippen MR) is 38.1 cm³/mol. The average Bonchev–Trinajstić information content (AvgIpc) is 1.99. The van der Waals surface area contributed by atoms with Gasteiger partial charge >= 0.3 is 0 Å². The van der Waals surface area contributed by atoms with Gasteiger partial charge in [0.1, 0.15) is 0 Å². The van der Waals surface area contributed by atoms with Crippen LogP contribution in [0.15, 0.2) is 18.2 Å². The number of halogens is 2. The van der Waals surface area contributed by atoms with Gasteiger partial charge in [-0.25, -0.2) is 14.1 Å². The van der Waals surface area contributed by atoms with Crippen LogP contribution in [0.1, 0.15) is 5.56 Å². The molecule has 1 radical (unpaired) electrons. The van der Waals surface area contributed by atoms with Crippen LogP contribution in [0.2, 0.25) is 0 Å². The number of hydrogen-bond acceptors (Lipinski definition) is 0. The fraction of sp³-hybridized carbons (Fsp3) is 0.250. The molecule has 1 rings (SSSR count). The Balaban J connectivity index is 2.96. The van der Waals surface area contributed by atoms with Crippen molar-refractivity contribution in [2.24, 2.45) is 0 Å². The molecule has 0 unspecified atom stereocenters. The highest BCUT2D eigenvalue weighted by molar-refractivity contribution is 5.18. The van der Waals surface area contributed by atoms with Gasteiger partial charge in [-0.15, -0.1) is 0 Å². The van der Waals surface area contributed by atoms with Crippen molar-refractivity contribution >= 4 is 0 Å². The Morgan fingerprint density at radius 3 is 2.73 bits per heavy atom. The molecule has 1 nitrogen and oxygen atoms in total. The first-order valence-corrected chi connectivity index (χ1v) is 3.24. The van der Waals surface area contributed by atoms with Gasteiger partial charge < -0.3 is 0 Å². The summed E-state index contributed by atoms with van der Waals surface area (Å²) in [6.07, 6.45) is 0. The molecule has 0 aliphatic heterocycles. The fourth-order valence-electron chi connectivity index (χ4n) is 0.841. The Kier molecular flexibility index (Phi) is 2.54. The first-order chi connectivity index (χ1) is 5.25. The largest absolute Gasteiger partial charge is 0.240 e. The standard InChI is InChI=1S/C8H8F2N/c1-11-5-6-3-2-4-7(9)8(6)10/h2-4H,5H2,1H3. The van der Waals surface area contributed by atoms with Gasteiger partial charge in [0.2, 0.25) is 0 Å². The summed E-state index contributed by atoms with van der Waals surface area (Å²) < 4.78 is 25.2. The third-order valence-electron chi connectivity index (χ3n) is 1.36. The first-order valence-electron chi connectivity index (χ1n) is 3.24. The molecule has 11 heavy (non-hydrogen) atoms. The van der Waals surface area contributed by atoms with Crippen molar-refractivity contribution in [3.05, 3.63) is 35.4 Å². The summed E-state index contributed by atoms with van der Waals surface area (Å²) in [6.45, 7) is 0.226. The zero-order valence-electron chi connectivity index (χ0n) is 6.14. The van der Waals surface area contributed by atoms with Gasteiger partial charge in [0.25, 0.3) is 0 Å². The summed E-state index contributed by atoms with van der Waals surface area (Å²) in [5, 5.41) is 3.70. The van der Waals surface area contributed by atoms with Gasteiger partial charge in [-0.05, 0) is 6.07 Å². The lowest BCUT2D eigenvalue weighted by molar-refractivity contribution is 0.495. The van der Waals surface area contributed by atoms with Crippen LogP contribution in [0.3, 0.4) is 0 Å². The molecule has 0 spiro atoms. The third kappa shape index (κ3) is 1.74. The summed E-state index contributed by atoms with van der Waals surface area (Å²) in [4.78, 5) is 0. The molecule has 0 aliphatic carbocycles. The second kappa shape index (κ2) is 3.44. The van der Waals surface area contributed by atoms with Gasteiger partial charge in [0.15, 0.2) is 11.6 Å². The van der Waals surface area contributed by atoms with Crippen molar-refractivity contribution in [3.63, 3.8) is 0 Å². The van der Waals surface area contributed by atoms with E-state index in [-0.39, 0.29) is 6.54 Å². The van der Waals surface area contributed by atoms with E-state index in [2.05, 4.69) is 5.32 Å². The van der Waals surface area contributed by atoms with Crippen LogP contribution in [0, 0.1) is 11.6 Å². The SMILES string of the molecule is C[N]Cc1cccc(F)c1F. The highest BCUT2D eigenvalue weighted by Gasteiger charge is 2.05. The number of benzene rings is 1. The van der Waals surface area contributed by atoms with E-state index in [1.807, 2.05) is 0 Å². The summed E-state index contributed by atoms with van der Waals surface area (Å²) in [7, 11) is 1.56. The van der Waals surface area contributed by atoms with E-state index in [9.17, 15) is 8.78 Å². The summed E-state index contributed by atoms with van der Waals surface area (Å²) in [6, 6.07) is 4.08. The van der Waals surface area contributed by atoms with E-state index < -0.39 is 11.6 Å². The maximum atomic E-state index is 12.8. The Hall–Kier alpha value is -0.960. The summed E-state index contributed by atoms with van der Waals surface area (Å²) in [5.41, 5.74) is 0.299. The maximum absolute atomic E-state index is 12.8. The molecule has 0 aromatic heterocycles. The molecular formula is C8H8F2N. The molecule has 1 aromatic rings. The maximum Gasteiger partial charge on any atom is 0.163 e. The third-order valence-corrected chi connectivity index (χ3v) is 1.36. The molecule has 0 saturated heterocycles. The van der Waals surface area contributed by atoms with Crippen LogP contribution in [0.25, 0.3) is 0 Å². The Labute approximate surface area is 64.0 Å². The van der Waals surface area contributed by atoms with Gasteiger partial charge in [-0.3, -0.25) is 0 Å². The van der Waals surface area contributed by atoms with Crippen molar-refractivity contribution in [2.75, 3.05) is 7.05 Å². The molecule has 0 aliphatic rings. The Morgan fingerprint density at radius 1 is 1.36 bits per heavy atom. The number of rotatable bonds is 2. The predicted octanol–water partition coefficient (Wildman–Crippen LogP) is 1.70. The van der Waals surface area contributed by atoms with E-state index >= 15 is 0 Å². The van der Waals surface area contributed by atoms with Crippen LogP contribution in [0.4, 0.5) is 8.78 Å². The van der Waals surface area contributed by atoms with E-state index in [4.69, 9.17) is 0 Å². The second-order valence-corrected chi connectivity index (χ2v) is 2.19. The van der Waals surface area contributed by atoms with Crippen molar-refractivity contribution in [3.8, 4) is 0 Å². The zero-order valence-corrected chi connectivity index (χ0v) is 6.14. The molecule has 0 heterocycles. The summed E-state index contributed by atoms with van der Waals surface area (Å²) >= 11 is 0. The topological polar surface area (TPSA) is 14.1 Å². The average molecular weight is 156 g/mol. The van der Waals surface area contributed by atoms with E-state index in [0.717, 1.165) is 6.07 Å². The monoisotopic (exact) mass is 156 g/mol. The van der Waals surface area contributed by atoms with Crippen LogP contribution in [0.5, 0.6) is 0 Å². The smallest absolute Gasteiger partial charge is 0.163 e. The van der Waals surface area contributed by atoms with Crippen LogP contribution in [-0.4, -0.2) is 7.05 Å². The van der Waals surface area contributed by atoms with E-state index in [1.165, 1.54) is 12.1 Å². The lowest BCUT2D eigenvalue weighted by Crippen LogP contribution is -2.01. The number of hydrogen-bond donors (Lipinski definition) is 0. The lowest BCUT2D eigenvalue weighted by atomic mass is 10.2. The minimum Gasteiger partial charge on any atom is -0.240 e. The molecule has 3 heteroatoms. The second-order valence-electron chi connectivity index (χ2n) is 2.19. The molecule has 0 amide bonds. The van der Waals surface area contributed by atoms with Crippen LogP contribution < -0.4 is 5.32 Å². The quantitative estimate of drug-likeness (QED) is 0.618. The van der Waals surface area contributed by atoms with Crippen molar-refractivity contribution in [1.29, 1.82) is 0 Å². The highest BCUT2D eigenvalue weighted by atomic mass is 19.2. The van der Waals surface area contributed by atoms with Crippen molar-refractivity contribution < 1.29 is 8.78 Å². The van der Waals surface area contributed by atoms with Crippen LogP contribution >= 0.6 is 0 Å². The van der Waals surface area contributed by atoms with E-state index in [1.54, 1.807) is 7.05 Å². The molecule has 0 bridgehead atoms. The molecule has 0 atom stereocenters. The molecule has 1 aromatic carbocycles. The molecular weight excluding hydrogens is 148 g/mol. The molecule has 0 fully saturated rings. The van der Waals surface area contributed by atoms with Gasteiger partial charge in [0, 0.05) is 19.2 Å². The molecule has 59 valence electrons. The number of nitrogens with zero attached hydrogens (tertiary/aromatic N) is 1. The van der Waals surface area contributed by atoms with Crippen molar-refractivity contribution in [1.82, 2.24) is 5.32 Å². The van der Waals surface area contributed by atoms with Crippen LogP contribution in [-0.2, 0) is 6.54 Å². The summed E-state index contributed by atoms with van der Waals surface area (Å²) in [5.74, 6) is -1.61. The Bertz CT molecular complexity index is 248. The minimum absolute atomic E-state index is 0.226. The highest BCUT2D eigenvalue weighted by Crippen LogP contribution is 2.10. The van der Waals surface area contributed by atoms with Gasteiger partial charge in [-0.1, -0.05) is 12.1 Å². The zero-order chi connectivity index (χ0) is 8.27. The minimum atomic E-state index is -0.814. The first kappa shape index (κ1) is 8.14. The normalized spacial score (nSPS) is 10.1. The molecule has 0 N–H and O–H groups in total. The lowest BCUT2D eigenvalue weighted by Gasteiger charge is -2.00. The van der Waals surface area contributed by atoms with Gasteiger partial charge in [-0.2, -0.15) is 0 Å².